The third-order valence-electron chi connectivity index (χ3n) is 3.70. The fourth-order valence-electron chi connectivity index (χ4n) is 2.39. The molecule has 1 N–H and O–H groups in total. The van der Waals surface area contributed by atoms with Crippen molar-refractivity contribution in [3.63, 3.8) is 0 Å². The SMILES string of the molecule is N#CCc1ccc(OCC(O)COc2ccc3c(c2)OCC3=O)cc1. The number of nitrogens with zero attached hydrogens (tertiary/aromatic N) is 1. The minimum absolute atomic E-state index is 0.0456. The highest BCUT2D eigenvalue weighted by atomic mass is 16.5. The van der Waals surface area contributed by atoms with Crippen LogP contribution in [0.2, 0.25) is 0 Å². The number of hydrogen-bond acceptors (Lipinski definition) is 6. The second kappa shape index (κ2) is 7.69. The molecule has 1 aliphatic heterocycles. The van der Waals surface area contributed by atoms with Crippen LogP contribution in [0.5, 0.6) is 17.2 Å². The van der Waals surface area contributed by atoms with E-state index < -0.39 is 6.10 Å². The normalized spacial score (nSPS) is 13.5. The van der Waals surface area contributed by atoms with Crippen LogP contribution in [-0.2, 0) is 6.42 Å². The van der Waals surface area contributed by atoms with Gasteiger partial charge in [0.25, 0.3) is 0 Å². The maximum atomic E-state index is 11.5. The van der Waals surface area contributed by atoms with Crippen molar-refractivity contribution in [2.75, 3.05) is 19.8 Å². The number of aliphatic hydroxyl groups is 1. The first-order chi connectivity index (χ1) is 12.2. The highest BCUT2D eigenvalue weighted by Gasteiger charge is 2.21. The van der Waals surface area contributed by atoms with Gasteiger partial charge in [0.1, 0.15) is 36.6 Å². The van der Waals surface area contributed by atoms with Crippen molar-refractivity contribution in [1.29, 1.82) is 5.26 Å². The van der Waals surface area contributed by atoms with E-state index in [1.54, 1.807) is 30.3 Å². The van der Waals surface area contributed by atoms with Crippen LogP contribution in [0.1, 0.15) is 15.9 Å². The summed E-state index contributed by atoms with van der Waals surface area (Å²) >= 11 is 0. The smallest absolute Gasteiger partial charge is 0.203 e. The van der Waals surface area contributed by atoms with Crippen LogP contribution in [0.15, 0.2) is 42.5 Å². The Balaban J connectivity index is 1.46. The van der Waals surface area contributed by atoms with Crippen LogP contribution in [0.4, 0.5) is 0 Å². The van der Waals surface area contributed by atoms with Gasteiger partial charge in [-0.1, -0.05) is 12.1 Å². The molecule has 0 radical (unpaired) electrons. The van der Waals surface area contributed by atoms with Crippen molar-refractivity contribution in [1.82, 2.24) is 0 Å². The number of nitriles is 1. The van der Waals surface area contributed by atoms with Gasteiger partial charge >= 0.3 is 0 Å². The molecule has 1 aliphatic rings. The topological polar surface area (TPSA) is 88.8 Å². The number of carbonyl (C=O) groups is 1. The lowest BCUT2D eigenvalue weighted by atomic mass is 10.1. The molecule has 0 fully saturated rings. The molecule has 2 aromatic rings. The highest BCUT2D eigenvalue weighted by Crippen LogP contribution is 2.29. The van der Waals surface area contributed by atoms with E-state index in [-0.39, 0.29) is 25.6 Å². The molecule has 0 aliphatic carbocycles. The number of ketones is 1. The van der Waals surface area contributed by atoms with Gasteiger partial charge in [0.15, 0.2) is 6.61 Å². The Morgan fingerprint density at radius 3 is 2.52 bits per heavy atom. The standard InChI is InChI=1S/C19H17NO5/c20-8-7-13-1-3-15(4-2-13)23-10-14(21)11-24-16-5-6-17-18(22)12-25-19(17)9-16/h1-6,9,14,21H,7,10-12H2. The summed E-state index contributed by atoms with van der Waals surface area (Å²) in [5.74, 6) is 1.60. The first-order valence-electron chi connectivity index (χ1n) is 7.85. The zero-order chi connectivity index (χ0) is 17.6. The second-order valence-corrected chi connectivity index (χ2v) is 5.62. The molecule has 2 aromatic carbocycles. The van der Waals surface area contributed by atoms with E-state index in [1.807, 2.05) is 12.1 Å². The zero-order valence-electron chi connectivity index (χ0n) is 13.5. The van der Waals surface area contributed by atoms with E-state index in [0.29, 0.717) is 29.2 Å². The quantitative estimate of drug-likeness (QED) is 0.831. The van der Waals surface area contributed by atoms with Gasteiger partial charge in [-0.05, 0) is 29.8 Å². The fraction of sp³-hybridized carbons (Fsp3) is 0.263. The number of benzene rings is 2. The number of aliphatic hydroxyl groups excluding tert-OH is 1. The summed E-state index contributed by atoms with van der Waals surface area (Å²) in [6.45, 7) is 0.194. The summed E-state index contributed by atoms with van der Waals surface area (Å²) in [6.07, 6.45) is -0.457. The molecule has 0 amide bonds. The third-order valence-corrected chi connectivity index (χ3v) is 3.70. The number of rotatable bonds is 7. The Morgan fingerprint density at radius 1 is 1.12 bits per heavy atom. The van der Waals surface area contributed by atoms with Crippen LogP contribution in [-0.4, -0.2) is 36.8 Å². The monoisotopic (exact) mass is 339 g/mol. The van der Waals surface area contributed by atoms with Gasteiger partial charge in [0, 0.05) is 6.07 Å². The molecule has 1 atom stereocenters. The number of hydrogen-bond donors (Lipinski definition) is 1. The molecule has 25 heavy (non-hydrogen) atoms. The first-order valence-corrected chi connectivity index (χ1v) is 7.85. The average molecular weight is 339 g/mol. The minimum atomic E-state index is -0.811. The molecule has 0 saturated carbocycles. The van der Waals surface area contributed by atoms with E-state index in [2.05, 4.69) is 6.07 Å². The molecule has 1 unspecified atom stereocenters. The van der Waals surface area contributed by atoms with Gasteiger partial charge in [-0.2, -0.15) is 5.26 Å². The van der Waals surface area contributed by atoms with E-state index >= 15 is 0 Å². The average Bonchev–Trinajstić information content (AvgIpc) is 3.00. The molecular weight excluding hydrogens is 322 g/mol. The molecule has 6 nitrogen and oxygen atoms in total. The van der Waals surface area contributed by atoms with Crippen LogP contribution < -0.4 is 14.2 Å². The summed E-state index contributed by atoms with van der Waals surface area (Å²) in [7, 11) is 0. The Labute approximate surface area is 145 Å². The van der Waals surface area contributed by atoms with Crippen molar-refractivity contribution in [3.05, 3.63) is 53.6 Å². The summed E-state index contributed by atoms with van der Waals surface area (Å²) in [5, 5.41) is 18.6. The highest BCUT2D eigenvalue weighted by molar-refractivity contribution is 6.02. The van der Waals surface area contributed by atoms with Gasteiger partial charge in [0.05, 0.1) is 18.1 Å². The molecule has 0 bridgehead atoms. The van der Waals surface area contributed by atoms with Crippen molar-refractivity contribution in [2.45, 2.75) is 12.5 Å². The molecule has 3 rings (SSSR count). The first kappa shape index (κ1) is 16.8. The summed E-state index contributed by atoms with van der Waals surface area (Å²) in [5.41, 5.74) is 1.46. The maximum absolute atomic E-state index is 11.5. The van der Waals surface area contributed by atoms with E-state index in [9.17, 15) is 9.90 Å². The molecule has 128 valence electrons. The zero-order valence-corrected chi connectivity index (χ0v) is 13.5. The van der Waals surface area contributed by atoms with Gasteiger partial charge in [0.2, 0.25) is 5.78 Å². The molecule has 0 aromatic heterocycles. The lowest BCUT2D eigenvalue weighted by molar-refractivity contribution is 0.0625. The number of carbonyl (C=O) groups excluding carboxylic acids is 1. The Bertz CT molecular complexity index is 794. The number of fused-ring (bicyclic) bond motifs is 1. The van der Waals surface area contributed by atoms with Gasteiger partial charge in [-0.3, -0.25) is 4.79 Å². The van der Waals surface area contributed by atoms with Crippen LogP contribution >= 0.6 is 0 Å². The van der Waals surface area contributed by atoms with Crippen molar-refractivity contribution < 1.29 is 24.1 Å². The van der Waals surface area contributed by atoms with Crippen molar-refractivity contribution >= 4 is 5.78 Å². The summed E-state index contributed by atoms with van der Waals surface area (Å²) in [6, 6.07) is 14.2. The Kier molecular flexibility index (Phi) is 5.17. The van der Waals surface area contributed by atoms with Crippen LogP contribution in [0, 0.1) is 11.3 Å². The Hall–Kier alpha value is -3.04. The van der Waals surface area contributed by atoms with E-state index in [0.717, 1.165) is 5.56 Å². The summed E-state index contributed by atoms with van der Waals surface area (Å²) in [4.78, 5) is 11.5. The number of Topliss-reactive ketones (excluding diaryl/α,β-unsaturated/α-hetero) is 1. The van der Waals surface area contributed by atoms with Gasteiger partial charge in [-0.25, -0.2) is 0 Å². The fourth-order valence-corrected chi connectivity index (χ4v) is 2.39. The van der Waals surface area contributed by atoms with Gasteiger partial charge in [-0.15, -0.1) is 0 Å². The van der Waals surface area contributed by atoms with E-state index in [4.69, 9.17) is 19.5 Å². The molecule has 0 saturated heterocycles. The van der Waals surface area contributed by atoms with Crippen LogP contribution in [0.25, 0.3) is 0 Å². The Morgan fingerprint density at radius 2 is 1.80 bits per heavy atom. The summed E-state index contributed by atoms with van der Waals surface area (Å²) < 4.78 is 16.3. The molecule has 0 spiro atoms. The lowest BCUT2D eigenvalue weighted by Gasteiger charge is -2.14. The minimum Gasteiger partial charge on any atom is -0.491 e. The van der Waals surface area contributed by atoms with Gasteiger partial charge < -0.3 is 19.3 Å². The molecule has 1 heterocycles. The lowest BCUT2D eigenvalue weighted by Crippen LogP contribution is -2.25. The van der Waals surface area contributed by atoms with Crippen LogP contribution in [0.3, 0.4) is 0 Å². The molecular formula is C19H17NO5. The molecule has 6 heteroatoms. The van der Waals surface area contributed by atoms with Crippen molar-refractivity contribution in [2.24, 2.45) is 0 Å². The maximum Gasteiger partial charge on any atom is 0.203 e. The van der Waals surface area contributed by atoms with E-state index in [1.165, 1.54) is 0 Å². The third kappa shape index (κ3) is 4.28. The predicted octanol–water partition coefficient (Wildman–Crippen LogP) is 2.15. The number of ether oxygens (including phenoxy) is 3. The largest absolute Gasteiger partial charge is 0.491 e. The predicted molar refractivity (Wildman–Crippen MR) is 89.0 cm³/mol. The second-order valence-electron chi connectivity index (χ2n) is 5.62. The van der Waals surface area contributed by atoms with Crippen molar-refractivity contribution in [3.8, 4) is 23.3 Å².